The van der Waals surface area contributed by atoms with Gasteiger partial charge in [0, 0.05) is 18.6 Å². The number of hydrogen-bond donors (Lipinski definition) is 1. The second kappa shape index (κ2) is 6.91. The van der Waals surface area contributed by atoms with Crippen molar-refractivity contribution in [2.75, 3.05) is 20.1 Å². The van der Waals surface area contributed by atoms with Crippen molar-refractivity contribution >= 4 is 0 Å². The second-order valence-corrected chi connectivity index (χ2v) is 6.85. The number of rotatable bonds is 8. The zero-order valence-electron chi connectivity index (χ0n) is 12.6. The summed E-state index contributed by atoms with van der Waals surface area (Å²) in [5.74, 6) is 1.78. The van der Waals surface area contributed by atoms with Crippen LogP contribution in [0.2, 0.25) is 0 Å². The smallest absolute Gasteiger partial charge is 0.0220 e. The third-order valence-corrected chi connectivity index (χ3v) is 4.83. The molecule has 2 heteroatoms. The van der Waals surface area contributed by atoms with Gasteiger partial charge in [-0.2, -0.15) is 0 Å². The van der Waals surface area contributed by atoms with E-state index in [4.69, 9.17) is 0 Å². The normalized spacial score (nSPS) is 23.2. The summed E-state index contributed by atoms with van der Waals surface area (Å²) in [6.45, 7) is 7.29. The zero-order valence-corrected chi connectivity index (χ0v) is 12.6. The van der Waals surface area contributed by atoms with Gasteiger partial charge in [-0.25, -0.2) is 0 Å². The topological polar surface area (TPSA) is 15.3 Å². The largest absolute Gasteiger partial charge is 0.315 e. The van der Waals surface area contributed by atoms with Gasteiger partial charge in [-0.1, -0.05) is 26.7 Å². The van der Waals surface area contributed by atoms with Crippen LogP contribution in [0.25, 0.3) is 0 Å². The molecule has 106 valence electrons. The number of nitrogens with zero attached hydrogens (tertiary/aromatic N) is 1. The fourth-order valence-electron chi connectivity index (χ4n) is 3.38. The summed E-state index contributed by atoms with van der Waals surface area (Å²) in [5.41, 5.74) is 0. The lowest BCUT2D eigenvalue weighted by Gasteiger charge is -2.31. The van der Waals surface area contributed by atoms with Crippen molar-refractivity contribution in [2.24, 2.45) is 11.8 Å². The van der Waals surface area contributed by atoms with Crippen molar-refractivity contribution in [1.29, 1.82) is 0 Å². The van der Waals surface area contributed by atoms with E-state index in [1.165, 1.54) is 58.0 Å². The van der Waals surface area contributed by atoms with E-state index in [1.54, 1.807) is 0 Å². The molecule has 0 aromatic rings. The molecule has 2 aliphatic rings. The first-order valence-corrected chi connectivity index (χ1v) is 8.12. The molecule has 0 aliphatic heterocycles. The maximum Gasteiger partial charge on any atom is 0.0220 e. The quantitative estimate of drug-likeness (QED) is 0.713. The highest BCUT2D eigenvalue weighted by Gasteiger charge is 2.32. The van der Waals surface area contributed by atoms with Crippen LogP contribution in [0, 0.1) is 11.8 Å². The Bertz CT molecular complexity index is 229. The van der Waals surface area contributed by atoms with Gasteiger partial charge in [0.05, 0.1) is 0 Å². The molecule has 0 spiro atoms. The Morgan fingerprint density at radius 3 is 2.28 bits per heavy atom. The average molecular weight is 252 g/mol. The predicted molar refractivity (Wildman–Crippen MR) is 78.9 cm³/mol. The Labute approximate surface area is 114 Å². The summed E-state index contributed by atoms with van der Waals surface area (Å²) in [6.07, 6.45) is 10.1. The molecule has 0 aromatic carbocycles. The molecule has 0 aromatic heterocycles. The fraction of sp³-hybridized carbons (Fsp3) is 1.00. The molecule has 0 heterocycles. The summed E-state index contributed by atoms with van der Waals surface area (Å²) in [4.78, 5) is 2.78. The van der Waals surface area contributed by atoms with Gasteiger partial charge in [-0.3, -0.25) is 4.90 Å². The van der Waals surface area contributed by atoms with Gasteiger partial charge in [0.1, 0.15) is 0 Å². The number of nitrogens with one attached hydrogen (secondary N) is 1. The van der Waals surface area contributed by atoms with Gasteiger partial charge in [0.25, 0.3) is 0 Å². The van der Waals surface area contributed by atoms with E-state index in [-0.39, 0.29) is 0 Å². The molecule has 18 heavy (non-hydrogen) atoms. The molecule has 1 unspecified atom stereocenters. The van der Waals surface area contributed by atoms with E-state index >= 15 is 0 Å². The fourth-order valence-corrected chi connectivity index (χ4v) is 3.38. The number of likely N-dealkylation sites (N-methyl/N-ethyl adjacent to an activating group) is 1. The lowest BCUT2D eigenvalue weighted by atomic mass is 9.97. The van der Waals surface area contributed by atoms with Crippen LogP contribution in [-0.4, -0.2) is 37.1 Å². The molecule has 0 amide bonds. The van der Waals surface area contributed by atoms with Gasteiger partial charge in [0.15, 0.2) is 0 Å². The molecule has 0 radical (unpaired) electrons. The maximum atomic E-state index is 3.60. The molecule has 2 saturated carbocycles. The summed E-state index contributed by atoms with van der Waals surface area (Å²) in [5, 5.41) is 3.60. The Morgan fingerprint density at radius 1 is 1.11 bits per heavy atom. The van der Waals surface area contributed by atoms with Gasteiger partial charge < -0.3 is 5.32 Å². The first-order valence-electron chi connectivity index (χ1n) is 8.12. The van der Waals surface area contributed by atoms with E-state index in [2.05, 4.69) is 31.1 Å². The van der Waals surface area contributed by atoms with Crippen LogP contribution in [0.3, 0.4) is 0 Å². The SMILES string of the molecule is CNC(CN(CCC(C)C)C1CC1)C1CCCC1. The van der Waals surface area contributed by atoms with Crippen LogP contribution in [-0.2, 0) is 0 Å². The van der Waals surface area contributed by atoms with Gasteiger partial charge >= 0.3 is 0 Å². The van der Waals surface area contributed by atoms with E-state index < -0.39 is 0 Å². The minimum atomic E-state index is 0.736. The summed E-state index contributed by atoms with van der Waals surface area (Å²) < 4.78 is 0. The number of hydrogen-bond acceptors (Lipinski definition) is 2. The molecule has 0 saturated heterocycles. The van der Waals surface area contributed by atoms with Crippen LogP contribution in [0.4, 0.5) is 0 Å². The Balaban J connectivity index is 1.81. The molecule has 1 atom stereocenters. The van der Waals surface area contributed by atoms with Crippen molar-refractivity contribution in [3.63, 3.8) is 0 Å². The van der Waals surface area contributed by atoms with Crippen molar-refractivity contribution < 1.29 is 0 Å². The minimum Gasteiger partial charge on any atom is -0.315 e. The summed E-state index contributed by atoms with van der Waals surface area (Å²) >= 11 is 0. The van der Waals surface area contributed by atoms with Crippen LogP contribution in [0.1, 0.15) is 58.8 Å². The third kappa shape index (κ3) is 4.24. The summed E-state index contributed by atoms with van der Waals surface area (Å²) in [6, 6.07) is 1.65. The standard InChI is InChI=1S/C16H32N2/c1-13(2)10-11-18(15-8-9-15)12-16(17-3)14-6-4-5-7-14/h13-17H,4-12H2,1-3H3. The molecule has 0 bridgehead atoms. The summed E-state index contributed by atoms with van der Waals surface area (Å²) in [7, 11) is 2.16. The maximum absolute atomic E-state index is 3.60. The highest BCUT2D eigenvalue weighted by Crippen LogP contribution is 2.31. The Kier molecular flexibility index (Phi) is 5.50. The van der Waals surface area contributed by atoms with Crippen LogP contribution in [0.5, 0.6) is 0 Å². The van der Waals surface area contributed by atoms with Gasteiger partial charge in [0.2, 0.25) is 0 Å². The van der Waals surface area contributed by atoms with Crippen molar-refractivity contribution in [3.05, 3.63) is 0 Å². The lowest BCUT2D eigenvalue weighted by molar-refractivity contribution is 0.196. The molecule has 2 rings (SSSR count). The van der Waals surface area contributed by atoms with Crippen LogP contribution >= 0.6 is 0 Å². The third-order valence-electron chi connectivity index (χ3n) is 4.83. The highest BCUT2D eigenvalue weighted by atomic mass is 15.2. The second-order valence-electron chi connectivity index (χ2n) is 6.85. The van der Waals surface area contributed by atoms with E-state index in [0.29, 0.717) is 0 Å². The Morgan fingerprint density at radius 2 is 1.78 bits per heavy atom. The van der Waals surface area contributed by atoms with Crippen LogP contribution in [0.15, 0.2) is 0 Å². The lowest BCUT2D eigenvalue weighted by Crippen LogP contribution is -2.44. The molecule has 1 N–H and O–H groups in total. The first-order chi connectivity index (χ1) is 8.70. The van der Waals surface area contributed by atoms with Gasteiger partial charge in [-0.05, 0) is 57.5 Å². The highest BCUT2D eigenvalue weighted by molar-refractivity contribution is 4.89. The minimum absolute atomic E-state index is 0.736. The molecule has 2 fully saturated rings. The Hall–Kier alpha value is -0.0800. The van der Waals surface area contributed by atoms with Crippen molar-refractivity contribution in [1.82, 2.24) is 10.2 Å². The monoisotopic (exact) mass is 252 g/mol. The average Bonchev–Trinajstić information content (AvgIpc) is 3.04. The molecular weight excluding hydrogens is 220 g/mol. The first kappa shape index (κ1) is 14.3. The van der Waals surface area contributed by atoms with Gasteiger partial charge in [-0.15, -0.1) is 0 Å². The molecule has 2 aliphatic carbocycles. The van der Waals surface area contributed by atoms with Crippen molar-refractivity contribution in [3.8, 4) is 0 Å². The van der Waals surface area contributed by atoms with E-state index in [1.807, 2.05) is 0 Å². The van der Waals surface area contributed by atoms with E-state index in [0.717, 1.165) is 23.9 Å². The van der Waals surface area contributed by atoms with Crippen molar-refractivity contribution in [2.45, 2.75) is 70.9 Å². The predicted octanol–water partition coefficient (Wildman–Crippen LogP) is 3.28. The zero-order chi connectivity index (χ0) is 13.0. The molecular formula is C16H32N2. The van der Waals surface area contributed by atoms with E-state index in [9.17, 15) is 0 Å². The molecule has 2 nitrogen and oxygen atoms in total. The van der Waals surface area contributed by atoms with Crippen LogP contribution < -0.4 is 5.32 Å².